The van der Waals surface area contributed by atoms with E-state index in [0.29, 0.717) is 44.0 Å². The molecule has 9 heteroatoms. The molecule has 0 saturated carbocycles. The number of hydrogen-bond donors (Lipinski definition) is 2. The van der Waals surface area contributed by atoms with E-state index in [1.165, 1.54) is 13.3 Å². The summed E-state index contributed by atoms with van der Waals surface area (Å²) in [5, 5.41) is 13.2. The number of nitrogens with one attached hydrogen (secondary N) is 1. The highest BCUT2D eigenvalue weighted by Crippen LogP contribution is 2.27. The quantitative estimate of drug-likeness (QED) is 0.687. The number of aliphatic hydroxyl groups is 1. The van der Waals surface area contributed by atoms with Gasteiger partial charge in [-0.2, -0.15) is 0 Å². The van der Waals surface area contributed by atoms with Gasteiger partial charge in [-0.1, -0.05) is 6.07 Å². The average Bonchev–Trinajstić information content (AvgIpc) is 3.24. The van der Waals surface area contributed by atoms with Crippen LogP contribution in [0.3, 0.4) is 0 Å². The molecule has 2 aliphatic rings. The maximum Gasteiger partial charge on any atom is 0.255 e. The Hall–Kier alpha value is -3.04. The lowest BCUT2D eigenvalue weighted by Gasteiger charge is -2.38. The van der Waals surface area contributed by atoms with Gasteiger partial charge in [0.15, 0.2) is 0 Å². The molecule has 0 radical (unpaired) electrons. The van der Waals surface area contributed by atoms with E-state index >= 15 is 0 Å². The van der Waals surface area contributed by atoms with E-state index in [9.17, 15) is 14.7 Å². The Balaban J connectivity index is 1.32. The van der Waals surface area contributed by atoms with E-state index < -0.39 is 6.10 Å². The second-order valence-corrected chi connectivity index (χ2v) is 8.29. The number of ether oxygens (including phenoxy) is 1. The molecule has 2 amide bonds. The summed E-state index contributed by atoms with van der Waals surface area (Å²) < 4.78 is 5.05. The Bertz CT molecular complexity index is 916. The van der Waals surface area contributed by atoms with Crippen LogP contribution in [0.25, 0.3) is 0 Å². The third-order valence-electron chi connectivity index (χ3n) is 6.22. The fourth-order valence-electron chi connectivity index (χ4n) is 4.52. The molecule has 2 atom stereocenters. The maximum absolute atomic E-state index is 12.9. The van der Waals surface area contributed by atoms with Crippen LogP contribution in [0.4, 0.5) is 0 Å². The number of nitrogens with zero attached hydrogens (tertiary/aromatic N) is 4. The molecule has 2 aliphatic heterocycles. The molecule has 170 valence electrons. The number of methoxy groups -OCH3 is 1. The minimum absolute atomic E-state index is 0.0502. The van der Waals surface area contributed by atoms with Crippen molar-refractivity contribution >= 4 is 11.8 Å². The number of carbonyl (C=O) groups excluding carboxylic acids is 2. The van der Waals surface area contributed by atoms with E-state index in [2.05, 4.69) is 20.2 Å². The highest BCUT2D eigenvalue weighted by atomic mass is 16.5. The van der Waals surface area contributed by atoms with Gasteiger partial charge in [0.1, 0.15) is 0 Å². The number of amides is 2. The average molecular weight is 440 g/mol. The van der Waals surface area contributed by atoms with E-state index in [-0.39, 0.29) is 23.9 Å². The van der Waals surface area contributed by atoms with E-state index in [4.69, 9.17) is 4.74 Å². The highest BCUT2D eigenvalue weighted by Gasteiger charge is 2.41. The van der Waals surface area contributed by atoms with Crippen molar-refractivity contribution < 1.29 is 19.4 Å². The van der Waals surface area contributed by atoms with Crippen LogP contribution in [-0.2, 0) is 11.3 Å². The van der Waals surface area contributed by atoms with Crippen molar-refractivity contribution in [2.75, 3.05) is 26.7 Å². The van der Waals surface area contributed by atoms with Gasteiger partial charge in [0, 0.05) is 56.9 Å². The van der Waals surface area contributed by atoms with Gasteiger partial charge in [-0.15, -0.1) is 0 Å². The van der Waals surface area contributed by atoms with Crippen molar-refractivity contribution in [2.24, 2.45) is 0 Å². The molecule has 4 rings (SSSR count). The molecule has 4 heterocycles. The summed E-state index contributed by atoms with van der Waals surface area (Å²) in [4.78, 5) is 37.8. The minimum atomic E-state index is -0.519. The van der Waals surface area contributed by atoms with E-state index in [0.717, 1.165) is 18.4 Å². The molecule has 0 aliphatic carbocycles. The molecular weight excluding hydrogens is 410 g/mol. The molecule has 0 unspecified atom stereocenters. The minimum Gasteiger partial charge on any atom is -0.481 e. The number of β-amino-alcohol motifs (C(OH)–C–C–N with tert-alkyl or cyclic N) is 1. The number of likely N-dealkylation sites (tertiary alicyclic amines) is 2. The smallest absolute Gasteiger partial charge is 0.255 e. The number of piperidine rings is 1. The summed E-state index contributed by atoms with van der Waals surface area (Å²) in [6, 6.07) is 6.95. The Kier molecular flexibility index (Phi) is 6.96. The molecule has 9 nitrogen and oxygen atoms in total. The monoisotopic (exact) mass is 439 g/mol. The van der Waals surface area contributed by atoms with Gasteiger partial charge >= 0.3 is 0 Å². The van der Waals surface area contributed by atoms with Crippen LogP contribution in [0.1, 0.15) is 35.2 Å². The Morgan fingerprint density at radius 2 is 2.03 bits per heavy atom. The van der Waals surface area contributed by atoms with Gasteiger partial charge < -0.3 is 20.1 Å². The fraction of sp³-hybridized carbons (Fsp3) is 0.478. The van der Waals surface area contributed by atoms with E-state index in [1.54, 1.807) is 24.5 Å². The largest absolute Gasteiger partial charge is 0.481 e. The summed E-state index contributed by atoms with van der Waals surface area (Å²) >= 11 is 0. The molecule has 0 bridgehead atoms. The standard InChI is InChI=1S/C23H29N5O4/c1-32-21-5-4-17(14-25-21)23(31)27-9-6-18(7-10-27)28-15-19(29)11-20(28)22(30)26-13-16-3-2-8-24-12-16/h2-5,8,12,14,18-20,29H,6-7,9-11,13,15H2,1H3,(H,26,30)/t19-,20+/m1/s1. The van der Waals surface area contributed by atoms with Crippen LogP contribution in [0.2, 0.25) is 0 Å². The normalized spacial score (nSPS) is 22.0. The third-order valence-corrected chi connectivity index (χ3v) is 6.22. The van der Waals surface area contributed by atoms with Gasteiger partial charge in [-0.25, -0.2) is 4.98 Å². The molecule has 2 aromatic heterocycles. The zero-order valence-corrected chi connectivity index (χ0v) is 18.2. The van der Waals surface area contributed by atoms with Gasteiger partial charge in [-0.05, 0) is 37.0 Å². The lowest BCUT2D eigenvalue weighted by Crippen LogP contribution is -2.52. The van der Waals surface area contributed by atoms with Crippen LogP contribution in [0, 0.1) is 0 Å². The first-order chi connectivity index (χ1) is 15.5. The molecule has 2 aromatic rings. The van der Waals surface area contributed by atoms with Crippen LogP contribution >= 0.6 is 0 Å². The Morgan fingerprint density at radius 3 is 2.69 bits per heavy atom. The first kappa shape index (κ1) is 22.2. The highest BCUT2D eigenvalue weighted by molar-refractivity contribution is 5.94. The molecule has 32 heavy (non-hydrogen) atoms. The maximum atomic E-state index is 12.9. The van der Waals surface area contributed by atoms with Gasteiger partial charge in [-0.3, -0.25) is 19.5 Å². The van der Waals surface area contributed by atoms with Crippen molar-refractivity contribution in [3.8, 4) is 5.88 Å². The third kappa shape index (κ3) is 5.05. The van der Waals surface area contributed by atoms with Crippen LogP contribution in [0.15, 0.2) is 42.9 Å². The van der Waals surface area contributed by atoms with Crippen LogP contribution < -0.4 is 10.1 Å². The number of hydrogen-bond acceptors (Lipinski definition) is 7. The van der Waals surface area contributed by atoms with Crippen molar-refractivity contribution in [1.29, 1.82) is 0 Å². The zero-order valence-electron chi connectivity index (χ0n) is 18.2. The topological polar surface area (TPSA) is 108 Å². The SMILES string of the molecule is COc1ccc(C(=O)N2CCC(N3C[C@H](O)C[C@H]3C(=O)NCc3cccnc3)CC2)cn1. The number of pyridine rings is 2. The summed E-state index contributed by atoms with van der Waals surface area (Å²) in [5.74, 6) is 0.347. The summed E-state index contributed by atoms with van der Waals surface area (Å²) in [6.07, 6.45) is 6.38. The molecule has 2 N–H and O–H groups in total. The predicted molar refractivity (Wildman–Crippen MR) is 117 cm³/mol. The summed E-state index contributed by atoms with van der Waals surface area (Å²) in [5.41, 5.74) is 1.47. The first-order valence-electron chi connectivity index (χ1n) is 10.9. The van der Waals surface area contributed by atoms with Crippen LogP contribution in [0.5, 0.6) is 5.88 Å². The predicted octanol–water partition coefficient (Wildman–Crippen LogP) is 0.841. The Morgan fingerprint density at radius 1 is 1.22 bits per heavy atom. The number of aliphatic hydroxyl groups excluding tert-OH is 1. The van der Waals surface area contributed by atoms with Gasteiger partial charge in [0.05, 0.1) is 24.8 Å². The second kappa shape index (κ2) is 10.1. The first-order valence-corrected chi connectivity index (χ1v) is 10.9. The molecule has 0 spiro atoms. The van der Waals surface area contributed by atoms with Crippen molar-refractivity contribution in [1.82, 2.24) is 25.1 Å². The lowest BCUT2D eigenvalue weighted by molar-refractivity contribution is -0.126. The molecular formula is C23H29N5O4. The lowest BCUT2D eigenvalue weighted by atomic mass is 10.0. The van der Waals surface area contributed by atoms with Crippen molar-refractivity contribution in [2.45, 2.75) is 44.0 Å². The number of rotatable bonds is 6. The van der Waals surface area contributed by atoms with Gasteiger partial charge in [0.2, 0.25) is 11.8 Å². The molecule has 2 saturated heterocycles. The Labute approximate surface area is 187 Å². The van der Waals surface area contributed by atoms with Gasteiger partial charge in [0.25, 0.3) is 5.91 Å². The summed E-state index contributed by atoms with van der Waals surface area (Å²) in [6.45, 7) is 2.10. The fourth-order valence-corrected chi connectivity index (χ4v) is 4.52. The number of aromatic nitrogens is 2. The van der Waals surface area contributed by atoms with E-state index in [1.807, 2.05) is 17.0 Å². The molecule has 2 fully saturated rings. The zero-order chi connectivity index (χ0) is 22.5. The number of carbonyl (C=O) groups is 2. The van der Waals surface area contributed by atoms with Crippen molar-refractivity contribution in [3.63, 3.8) is 0 Å². The summed E-state index contributed by atoms with van der Waals surface area (Å²) in [7, 11) is 1.54. The van der Waals surface area contributed by atoms with Crippen molar-refractivity contribution in [3.05, 3.63) is 54.0 Å². The van der Waals surface area contributed by atoms with Crippen LogP contribution in [-0.4, -0.2) is 81.6 Å². The second-order valence-electron chi connectivity index (χ2n) is 8.29. The molecule has 0 aromatic carbocycles.